The Bertz CT molecular complexity index is 619. The topological polar surface area (TPSA) is 12.0 Å². The zero-order valence-electron chi connectivity index (χ0n) is 10.8. The van der Waals surface area contributed by atoms with Gasteiger partial charge in [0.25, 0.3) is 0 Å². The summed E-state index contributed by atoms with van der Waals surface area (Å²) in [7, 11) is 1.86. The van der Waals surface area contributed by atoms with Gasteiger partial charge in [-0.2, -0.15) is 0 Å². The van der Waals surface area contributed by atoms with Gasteiger partial charge in [-0.25, -0.2) is 8.78 Å². The third-order valence-corrected chi connectivity index (χ3v) is 4.65. The Kier molecular flexibility index (Phi) is 5.51. The van der Waals surface area contributed by atoms with Crippen LogP contribution in [-0.4, -0.2) is 7.05 Å². The molecule has 0 aliphatic rings. The highest BCUT2D eigenvalue weighted by Gasteiger charge is 2.14. The first-order chi connectivity index (χ1) is 9.51. The second-order valence-electron chi connectivity index (χ2n) is 4.46. The molecule has 2 rings (SSSR count). The maximum Gasteiger partial charge on any atom is 0.137 e. The molecule has 0 aromatic heterocycles. The van der Waals surface area contributed by atoms with Crippen molar-refractivity contribution in [2.45, 2.75) is 12.5 Å². The predicted molar refractivity (Wildman–Crippen MR) is 88.7 cm³/mol. The number of hydrogen-bond donors (Lipinski definition) is 1. The second-order valence-corrected chi connectivity index (χ2v) is 6.48. The van der Waals surface area contributed by atoms with Crippen LogP contribution in [-0.2, 0) is 6.42 Å². The molecule has 0 aliphatic heterocycles. The van der Waals surface area contributed by atoms with Gasteiger partial charge in [-0.3, -0.25) is 0 Å². The van der Waals surface area contributed by atoms with Gasteiger partial charge in [-0.05, 0) is 87.4 Å². The quantitative estimate of drug-likeness (QED) is 0.656. The summed E-state index contributed by atoms with van der Waals surface area (Å²) in [5.74, 6) is -0.511. The lowest BCUT2D eigenvalue weighted by molar-refractivity contribution is 0.579. The molecule has 20 heavy (non-hydrogen) atoms. The number of hydrogen-bond acceptors (Lipinski definition) is 1. The van der Waals surface area contributed by atoms with E-state index in [0.29, 0.717) is 10.9 Å². The molecule has 1 atom stereocenters. The first kappa shape index (κ1) is 15.9. The lowest BCUT2D eigenvalue weighted by Gasteiger charge is -2.18. The van der Waals surface area contributed by atoms with Crippen molar-refractivity contribution in [3.63, 3.8) is 0 Å². The Labute approximate surface area is 139 Å². The molecule has 2 aromatic carbocycles. The van der Waals surface area contributed by atoms with Gasteiger partial charge >= 0.3 is 0 Å². The highest BCUT2D eigenvalue weighted by molar-refractivity contribution is 14.1. The molecule has 1 unspecified atom stereocenters. The number of rotatable bonds is 4. The van der Waals surface area contributed by atoms with E-state index in [0.717, 1.165) is 14.7 Å². The van der Waals surface area contributed by atoms with E-state index in [4.69, 9.17) is 0 Å². The minimum Gasteiger partial charge on any atom is -0.313 e. The van der Waals surface area contributed by atoms with Crippen LogP contribution < -0.4 is 5.32 Å². The molecule has 0 amide bonds. The summed E-state index contributed by atoms with van der Waals surface area (Å²) in [5.41, 5.74) is 2.05. The maximum atomic E-state index is 13.2. The van der Waals surface area contributed by atoms with E-state index in [2.05, 4.69) is 43.8 Å². The third kappa shape index (κ3) is 3.77. The summed E-state index contributed by atoms with van der Waals surface area (Å²) >= 11 is 5.32. The highest BCUT2D eigenvalue weighted by atomic mass is 127. The van der Waals surface area contributed by atoms with Gasteiger partial charge in [-0.15, -0.1) is 0 Å². The molecule has 0 saturated carbocycles. The summed E-state index contributed by atoms with van der Waals surface area (Å²) in [4.78, 5) is 0. The van der Waals surface area contributed by atoms with Crippen LogP contribution in [0.25, 0.3) is 0 Å². The summed E-state index contributed by atoms with van der Waals surface area (Å²) in [6.07, 6.45) is 0.705. The van der Waals surface area contributed by atoms with Gasteiger partial charge in [-0.1, -0.05) is 12.1 Å². The molecule has 0 radical (unpaired) electrons. The maximum absolute atomic E-state index is 13.2. The molecule has 0 bridgehead atoms. The normalized spacial score (nSPS) is 12.4. The summed E-state index contributed by atoms with van der Waals surface area (Å²) in [6.45, 7) is 0. The first-order valence-corrected chi connectivity index (χ1v) is 7.94. The third-order valence-electron chi connectivity index (χ3n) is 3.11. The second kappa shape index (κ2) is 6.95. The van der Waals surface area contributed by atoms with Crippen molar-refractivity contribution in [3.05, 3.63) is 67.2 Å². The Hall–Kier alpha value is -0.530. The van der Waals surface area contributed by atoms with Crippen molar-refractivity contribution >= 4 is 38.5 Å². The summed E-state index contributed by atoms with van der Waals surface area (Å²) in [5, 5.41) is 3.22. The molecule has 0 saturated heterocycles. The number of nitrogens with one attached hydrogen (secondary N) is 1. The minimum atomic E-state index is -0.272. The largest absolute Gasteiger partial charge is 0.313 e. The molecule has 0 aliphatic carbocycles. The number of benzene rings is 2. The van der Waals surface area contributed by atoms with Crippen molar-refractivity contribution in [1.29, 1.82) is 0 Å². The van der Waals surface area contributed by atoms with Gasteiger partial charge in [0.1, 0.15) is 11.6 Å². The zero-order chi connectivity index (χ0) is 14.7. The molecular formula is C15H13BrF2IN. The lowest BCUT2D eigenvalue weighted by Crippen LogP contribution is -2.20. The minimum absolute atomic E-state index is 0.0554. The van der Waals surface area contributed by atoms with Crippen LogP contribution in [0.15, 0.2) is 40.9 Å². The van der Waals surface area contributed by atoms with Crippen molar-refractivity contribution in [2.24, 2.45) is 0 Å². The monoisotopic (exact) mass is 451 g/mol. The molecule has 5 heteroatoms. The molecular weight excluding hydrogens is 439 g/mol. The van der Waals surface area contributed by atoms with Crippen LogP contribution >= 0.6 is 38.5 Å². The van der Waals surface area contributed by atoms with E-state index in [-0.39, 0.29) is 17.7 Å². The highest BCUT2D eigenvalue weighted by Crippen LogP contribution is 2.26. The Balaban J connectivity index is 2.26. The number of likely N-dealkylation sites (N-methyl/N-ethyl adjacent to an activating group) is 1. The average Bonchev–Trinajstić information content (AvgIpc) is 2.41. The number of halogens is 4. The van der Waals surface area contributed by atoms with Crippen LogP contribution in [0.1, 0.15) is 17.2 Å². The van der Waals surface area contributed by atoms with Crippen LogP contribution in [0.2, 0.25) is 0 Å². The van der Waals surface area contributed by atoms with E-state index in [1.807, 2.05) is 7.05 Å². The van der Waals surface area contributed by atoms with Crippen LogP contribution in [0.3, 0.4) is 0 Å². The predicted octanol–water partition coefficient (Wildman–Crippen LogP) is 4.84. The summed E-state index contributed by atoms with van der Waals surface area (Å²) in [6, 6.07) is 9.80. The fraction of sp³-hybridized carbons (Fsp3) is 0.200. The van der Waals surface area contributed by atoms with Crippen molar-refractivity contribution in [1.82, 2.24) is 5.32 Å². The molecule has 1 nitrogen and oxygen atoms in total. The van der Waals surface area contributed by atoms with Gasteiger partial charge < -0.3 is 5.32 Å². The molecule has 1 N–H and O–H groups in total. The first-order valence-electron chi connectivity index (χ1n) is 6.07. The van der Waals surface area contributed by atoms with Crippen LogP contribution in [0, 0.1) is 15.2 Å². The molecule has 0 spiro atoms. The van der Waals surface area contributed by atoms with Crippen molar-refractivity contribution in [2.75, 3.05) is 7.05 Å². The fourth-order valence-corrected chi connectivity index (χ4v) is 3.33. The Morgan fingerprint density at radius 1 is 1.20 bits per heavy atom. The fourth-order valence-electron chi connectivity index (χ4n) is 2.05. The van der Waals surface area contributed by atoms with E-state index >= 15 is 0 Å². The summed E-state index contributed by atoms with van der Waals surface area (Å²) < 4.78 is 27.7. The smallest absolute Gasteiger partial charge is 0.137 e. The Morgan fingerprint density at radius 2 is 1.95 bits per heavy atom. The average molecular weight is 452 g/mol. The molecule has 106 valence electrons. The van der Waals surface area contributed by atoms with Crippen molar-refractivity contribution < 1.29 is 8.78 Å². The lowest BCUT2D eigenvalue weighted by atomic mass is 9.99. The zero-order valence-corrected chi connectivity index (χ0v) is 14.5. The van der Waals surface area contributed by atoms with Gasteiger partial charge in [0.2, 0.25) is 0 Å². The molecule has 0 heterocycles. The molecule has 0 fully saturated rings. The van der Waals surface area contributed by atoms with E-state index in [1.54, 1.807) is 18.2 Å². The van der Waals surface area contributed by atoms with Crippen LogP contribution in [0.5, 0.6) is 0 Å². The van der Waals surface area contributed by atoms with Gasteiger partial charge in [0.15, 0.2) is 0 Å². The van der Waals surface area contributed by atoms with Gasteiger partial charge in [0.05, 0.1) is 4.47 Å². The van der Waals surface area contributed by atoms with E-state index in [9.17, 15) is 8.78 Å². The molecule has 2 aromatic rings. The SMILES string of the molecule is CNC(Cc1ccc(F)c(Br)c1)c1ccc(F)cc1I. The van der Waals surface area contributed by atoms with E-state index in [1.165, 1.54) is 18.2 Å². The Morgan fingerprint density at radius 3 is 2.55 bits per heavy atom. The van der Waals surface area contributed by atoms with E-state index < -0.39 is 0 Å². The standard InChI is InChI=1S/C15H13BrF2IN/c1-20-15(11-4-3-10(17)8-14(11)19)7-9-2-5-13(18)12(16)6-9/h2-6,8,15,20H,7H2,1H3. The van der Waals surface area contributed by atoms with Gasteiger partial charge in [0, 0.05) is 9.61 Å². The van der Waals surface area contributed by atoms with Crippen LogP contribution in [0.4, 0.5) is 8.78 Å². The van der Waals surface area contributed by atoms with Crippen molar-refractivity contribution in [3.8, 4) is 0 Å².